The summed E-state index contributed by atoms with van der Waals surface area (Å²) in [4.78, 5) is 3.74. The fraction of sp³-hybridized carbons (Fsp3) is 0.417. The molecule has 0 aliphatic heterocycles. The first-order chi connectivity index (χ1) is 7.68. The Hall–Kier alpha value is -1.13. The summed E-state index contributed by atoms with van der Waals surface area (Å²) >= 11 is 1.81. The first-order valence-electron chi connectivity index (χ1n) is 5.39. The first kappa shape index (κ1) is 11.4. The molecule has 0 saturated carbocycles. The van der Waals surface area contributed by atoms with Crippen LogP contribution in [0.4, 0.5) is 0 Å². The van der Waals surface area contributed by atoms with Gasteiger partial charge in [-0.05, 0) is 31.5 Å². The molecule has 2 aromatic heterocycles. The van der Waals surface area contributed by atoms with Crippen molar-refractivity contribution >= 4 is 11.3 Å². The molecule has 2 rings (SSSR count). The van der Waals surface area contributed by atoms with Gasteiger partial charge in [0.1, 0.15) is 0 Å². The second-order valence-electron chi connectivity index (χ2n) is 4.05. The van der Waals surface area contributed by atoms with E-state index >= 15 is 0 Å². The Labute approximate surface area is 100 Å². The molecular weight excluding hydrogens is 218 g/mol. The van der Waals surface area contributed by atoms with E-state index in [4.69, 9.17) is 0 Å². The van der Waals surface area contributed by atoms with Gasteiger partial charge in [0.05, 0.1) is 5.69 Å². The van der Waals surface area contributed by atoms with Crippen LogP contribution < -0.4 is 0 Å². The molecule has 4 heteroatoms. The highest BCUT2D eigenvalue weighted by Gasteiger charge is 2.13. The molecule has 2 aromatic rings. The van der Waals surface area contributed by atoms with Crippen LogP contribution in [0.2, 0.25) is 0 Å². The number of hydrogen-bond acceptors (Lipinski definition) is 3. The highest BCUT2D eigenvalue weighted by atomic mass is 32.1. The Kier molecular flexibility index (Phi) is 3.41. The van der Waals surface area contributed by atoms with Crippen molar-refractivity contribution in [1.29, 1.82) is 0 Å². The highest BCUT2D eigenvalue weighted by Crippen LogP contribution is 2.24. The minimum absolute atomic E-state index is 0.454. The zero-order chi connectivity index (χ0) is 11.5. The minimum atomic E-state index is 0.454. The molecule has 0 amide bonds. The molecule has 16 heavy (non-hydrogen) atoms. The maximum atomic E-state index is 4.18. The Morgan fingerprint density at radius 3 is 2.88 bits per heavy atom. The van der Waals surface area contributed by atoms with Gasteiger partial charge in [0.15, 0.2) is 0 Å². The molecule has 0 spiro atoms. The van der Waals surface area contributed by atoms with Crippen LogP contribution in [-0.4, -0.2) is 21.7 Å². The van der Waals surface area contributed by atoms with E-state index in [2.05, 4.69) is 47.5 Å². The molecule has 1 atom stereocenters. The van der Waals surface area contributed by atoms with Gasteiger partial charge in [0, 0.05) is 30.7 Å². The SMILES string of the molecule is CC(c1cccs1)N(C)Cc1ccnn1C. The van der Waals surface area contributed by atoms with E-state index in [-0.39, 0.29) is 0 Å². The highest BCUT2D eigenvalue weighted by molar-refractivity contribution is 7.10. The molecule has 1 unspecified atom stereocenters. The van der Waals surface area contributed by atoms with Gasteiger partial charge in [-0.2, -0.15) is 5.10 Å². The third kappa shape index (κ3) is 2.33. The number of aryl methyl sites for hydroxylation is 1. The third-order valence-corrected chi connectivity index (χ3v) is 3.99. The van der Waals surface area contributed by atoms with E-state index in [1.54, 1.807) is 0 Å². The number of aromatic nitrogens is 2. The van der Waals surface area contributed by atoms with Crippen LogP contribution in [0, 0.1) is 0 Å². The van der Waals surface area contributed by atoms with E-state index in [1.807, 2.05) is 29.3 Å². The lowest BCUT2D eigenvalue weighted by Gasteiger charge is -2.23. The van der Waals surface area contributed by atoms with Crippen LogP contribution in [0.1, 0.15) is 23.5 Å². The molecule has 86 valence electrons. The van der Waals surface area contributed by atoms with Gasteiger partial charge in [0.2, 0.25) is 0 Å². The second-order valence-corrected chi connectivity index (χ2v) is 5.03. The van der Waals surface area contributed by atoms with E-state index in [9.17, 15) is 0 Å². The van der Waals surface area contributed by atoms with Gasteiger partial charge in [0.25, 0.3) is 0 Å². The zero-order valence-electron chi connectivity index (χ0n) is 9.92. The van der Waals surface area contributed by atoms with Gasteiger partial charge >= 0.3 is 0 Å². The van der Waals surface area contributed by atoms with Crippen molar-refractivity contribution in [2.24, 2.45) is 7.05 Å². The molecule has 3 nitrogen and oxygen atoms in total. The lowest BCUT2D eigenvalue weighted by molar-refractivity contribution is 0.250. The maximum Gasteiger partial charge on any atom is 0.0521 e. The van der Waals surface area contributed by atoms with Crippen LogP contribution >= 0.6 is 11.3 Å². The molecule has 0 aromatic carbocycles. The molecule has 0 aliphatic rings. The average molecular weight is 235 g/mol. The molecule has 0 fully saturated rings. The fourth-order valence-corrected chi connectivity index (χ4v) is 2.54. The van der Waals surface area contributed by atoms with Gasteiger partial charge in [-0.3, -0.25) is 9.58 Å². The molecule has 0 radical (unpaired) electrons. The van der Waals surface area contributed by atoms with Crippen LogP contribution in [0.15, 0.2) is 29.8 Å². The quantitative estimate of drug-likeness (QED) is 0.812. The molecule has 0 saturated heterocycles. The summed E-state index contributed by atoms with van der Waals surface area (Å²) in [5, 5.41) is 6.31. The van der Waals surface area contributed by atoms with Crippen molar-refractivity contribution in [1.82, 2.24) is 14.7 Å². The summed E-state index contributed by atoms with van der Waals surface area (Å²) in [5.74, 6) is 0. The Morgan fingerprint density at radius 1 is 1.50 bits per heavy atom. The fourth-order valence-electron chi connectivity index (χ4n) is 1.70. The monoisotopic (exact) mass is 235 g/mol. The van der Waals surface area contributed by atoms with Crippen LogP contribution in [0.3, 0.4) is 0 Å². The van der Waals surface area contributed by atoms with E-state index in [0.717, 1.165) is 6.54 Å². The number of hydrogen-bond donors (Lipinski definition) is 0. The van der Waals surface area contributed by atoms with E-state index in [0.29, 0.717) is 6.04 Å². The van der Waals surface area contributed by atoms with Crippen molar-refractivity contribution in [3.8, 4) is 0 Å². The Bertz CT molecular complexity index is 433. The second kappa shape index (κ2) is 4.80. The summed E-state index contributed by atoms with van der Waals surface area (Å²) < 4.78 is 1.93. The average Bonchev–Trinajstić information content (AvgIpc) is 2.89. The smallest absolute Gasteiger partial charge is 0.0521 e. The lowest BCUT2D eigenvalue weighted by atomic mass is 10.2. The van der Waals surface area contributed by atoms with E-state index < -0.39 is 0 Å². The summed E-state index contributed by atoms with van der Waals surface area (Å²) in [5.41, 5.74) is 1.24. The van der Waals surface area contributed by atoms with Crippen molar-refractivity contribution in [2.75, 3.05) is 7.05 Å². The number of rotatable bonds is 4. The zero-order valence-corrected chi connectivity index (χ0v) is 10.7. The molecule has 2 heterocycles. The van der Waals surface area contributed by atoms with Gasteiger partial charge in [-0.1, -0.05) is 6.07 Å². The summed E-state index contributed by atoms with van der Waals surface area (Å²) in [6, 6.07) is 6.82. The van der Waals surface area contributed by atoms with Gasteiger partial charge in [-0.15, -0.1) is 11.3 Å². The number of nitrogens with zero attached hydrogens (tertiary/aromatic N) is 3. The predicted molar refractivity (Wildman–Crippen MR) is 67.4 cm³/mol. The third-order valence-electron chi connectivity index (χ3n) is 2.95. The van der Waals surface area contributed by atoms with Crippen molar-refractivity contribution < 1.29 is 0 Å². The maximum absolute atomic E-state index is 4.18. The summed E-state index contributed by atoms with van der Waals surface area (Å²) in [6.07, 6.45) is 1.85. The minimum Gasteiger partial charge on any atom is -0.293 e. The van der Waals surface area contributed by atoms with Gasteiger partial charge in [-0.25, -0.2) is 0 Å². The predicted octanol–water partition coefficient (Wildman–Crippen LogP) is 2.67. The van der Waals surface area contributed by atoms with Crippen LogP contribution in [-0.2, 0) is 13.6 Å². The van der Waals surface area contributed by atoms with Crippen molar-refractivity contribution in [3.63, 3.8) is 0 Å². The first-order valence-corrected chi connectivity index (χ1v) is 6.27. The normalized spacial score (nSPS) is 13.2. The largest absolute Gasteiger partial charge is 0.293 e. The van der Waals surface area contributed by atoms with E-state index in [1.165, 1.54) is 10.6 Å². The van der Waals surface area contributed by atoms with Crippen molar-refractivity contribution in [3.05, 3.63) is 40.3 Å². The molecule has 0 N–H and O–H groups in total. The number of thiophene rings is 1. The van der Waals surface area contributed by atoms with Crippen LogP contribution in [0.25, 0.3) is 0 Å². The van der Waals surface area contributed by atoms with Crippen molar-refractivity contribution in [2.45, 2.75) is 19.5 Å². The summed E-state index contributed by atoms with van der Waals surface area (Å²) in [7, 11) is 4.14. The Morgan fingerprint density at radius 2 is 2.31 bits per heavy atom. The lowest BCUT2D eigenvalue weighted by Crippen LogP contribution is -2.22. The topological polar surface area (TPSA) is 21.1 Å². The summed E-state index contributed by atoms with van der Waals surface area (Å²) in [6.45, 7) is 3.16. The standard InChI is InChI=1S/C12H17N3S/c1-10(12-5-4-8-16-12)14(2)9-11-6-7-13-15(11)3/h4-8,10H,9H2,1-3H3. The van der Waals surface area contributed by atoms with Crippen LogP contribution in [0.5, 0.6) is 0 Å². The molecule has 0 bridgehead atoms. The molecular formula is C12H17N3S. The van der Waals surface area contributed by atoms with Gasteiger partial charge < -0.3 is 0 Å². The molecule has 0 aliphatic carbocycles. The Balaban J connectivity index is 2.03.